The van der Waals surface area contributed by atoms with Gasteiger partial charge in [0.1, 0.15) is 6.61 Å². The molecule has 0 aromatic carbocycles. The summed E-state index contributed by atoms with van der Waals surface area (Å²) in [4.78, 5) is 12.2. The van der Waals surface area contributed by atoms with Crippen molar-refractivity contribution in [3.63, 3.8) is 0 Å². The number of rotatable bonds is 5. The van der Waals surface area contributed by atoms with Crippen LogP contribution in [0.5, 0.6) is 0 Å². The predicted molar refractivity (Wildman–Crippen MR) is 92.2 cm³/mol. The van der Waals surface area contributed by atoms with E-state index in [0.717, 1.165) is 37.7 Å². The molecule has 0 radical (unpaired) electrons. The van der Waals surface area contributed by atoms with Gasteiger partial charge in [0.2, 0.25) is 0 Å². The summed E-state index contributed by atoms with van der Waals surface area (Å²) < 4.78 is 5.45. The van der Waals surface area contributed by atoms with Crippen LogP contribution in [-0.4, -0.2) is 35.5 Å². The fourth-order valence-corrected chi connectivity index (χ4v) is 5.70. The summed E-state index contributed by atoms with van der Waals surface area (Å²) in [7, 11) is 0. The summed E-state index contributed by atoms with van der Waals surface area (Å²) in [6.45, 7) is 7.34. The van der Waals surface area contributed by atoms with E-state index in [9.17, 15) is 9.90 Å². The molecule has 4 heteroatoms. The first-order chi connectivity index (χ1) is 11.3. The van der Waals surface area contributed by atoms with Crippen molar-refractivity contribution in [3.8, 4) is 0 Å². The molecule has 4 nitrogen and oxygen atoms in total. The van der Waals surface area contributed by atoms with Crippen LogP contribution in [0.2, 0.25) is 0 Å². The smallest absolute Gasteiger partial charge is 0.334 e. The molecule has 0 aromatic rings. The Morgan fingerprint density at radius 2 is 2.17 bits per heavy atom. The Bertz CT molecular complexity index is 528. The summed E-state index contributed by atoms with van der Waals surface area (Å²) in [6.07, 6.45) is 7.23. The molecular weight excluding hydrogens is 304 g/mol. The van der Waals surface area contributed by atoms with Gasteiger partial charge in [-0.2, -0.15) is 0 Å². The van der Waals surface area contributed by atoms with Gasteiger partial charge in [-0.05, 0) is 55.3 Å². The van der Waals surface area contributed by atoms with E-state index in [1.807, 2.05) is 0 Å². The summed E-state index contributed by atoms with van der Waals surface area (Å²) >= 11 is 0. The van der Waals surface area contributed by atoms with Crippen LogP contribution in [0.4, 0.5) is 0 Å². The second-order valence-corrected chi connectivity index (χ2v) is 8.70. The summed E-state index contributed by atoms with van der Waals surface area (Å²) in [5.41, 5.74) is 0.546. The molecule has 3 rings (SSSR count). The average Bonchev–Trinajstić information content (AvgIpc) is 2.88. The highest BCUT2D eigenvalue weighted by atomic mass is 16.5. The molecule has 2 aliphatic carbocycles. The second kappa shape index (κ2) is 6.45. The SMILES string of the molecule is C[C@H](CCO)CC[C@@]1(C)[C@H](C)[C@H](O)C[C@@]23COC(=O)C2=CCC[C@@H]31. The molecule has 1 saturated heterocycles. The average molecular weight is 336 g/mol. The zero-order valence-corrected chi connectivity index (χ0v) is 15.3. The Kier molecular flexibility index (Phi) is 4.82. The normalized spacial score (nSPS) is 42.8. The zero-order chi connectivity index (χ0) is 17.5. The maximum absolute atomic E-state index is 12.2. The number of ether oxygens (including phenoxy) is 1. The van der Waals surface area contributed by atoms with Crippen LogP contribution in [0.15, 0.2) is 11.6 Å². The van der Waals surface area contributed by atoms with Gasteiger partial charge >= 0.3 is 5.97 Å². The summed E-state index contributed by atoms with van der Waals surface area (Å²) in [6, 6.07) is 0. The fraction of sp³-hybridized carbons (Fsp3) is 0.850. The van der Waals surface area contributed by atoms with E-state index in [-0.39, 0.29) is 29.3 Å². The van der Waals surface area contributed by atoms with Crippen molar-refractivity contribution in [1.29, 1.82) is 0 Å². The highest BCUT2D eigenvalue weighted by Crippen LogP contribution is 2.63. The van der Waals surface area contributed by atoms with E-state index in [1.165, 1.54) is 0 Å². The van der Waals surface area contributed by atoms with Gasteiger partial charge in [-0.1, -0.05) is 33.3 Å². The quantitative estimate of drug-likeness (QED) is 0.757. The van der Waals surface area contributed by atoms with Crippen molar-refractivity contribution < 1.29 is 19.7 Å². The number of allylic oxidation sites excluding steroid dienone is 1. The van der Waals surface area contributed by atoms with Crippen molar-refractivity contribution >= 4 is 5.97 Å². The molecule has 136 valence electrons. The van der Waals surface area contributed by atoms with Crippen LogP contribution in [-0.2, 0) is 9.53 Å². The second-order valence-electron chi connectivity index (χ2n) is 8.70. The molecule has 0 bridgehead atoms. The molecular formula is C20H32O4. The van der Waals surface area contributed by atoms with E-state index in [4.69, 9.17) is 9.84 Å². The first-order valence-corrected chi connectivity index (χ1v) is 9.52. The topological polar surface area (TPSA) is 66.8 Å². The van der Waals surface area contributed by atoms with E-state index >= 15 is 0 Å². The van der Waals surface area contributed by atoms with E-state index in [1.54, 1.807) is 0 Å². The minimum absolute atomic E-state index is 0.00509. The Morgan fingerprint density at radius 1 is 1.42 bits per heavy atom. The third-order valence-corrected chi connectivity index (χ3v) is 7.47. The van der Waals surface area contributed by atoms with Gasteiger partial charge in [0.05, 0.1) is 6.10 Å². The summed E-state index contributed by atoms with van der Waals surface area (Å²) in [5.74, 6) is 0.909. The Morgan fingerprint density at radius 3 is 2.88 bits per heavy atom. The number of cyclic esters (lactones) is 1. The molecule has 2 N–H and O–H groups in total. The highest BCUT2D eigenvalue weighted by Gasteiger charge is 2.63. The highest BCUT2D eigenvalue weighted by molar-refractivity contribution is 5.92. The lowest BCUT2D eigenvalue weighted by Crippen LogP contribution is -2.56. The largest absolute Gasteiger partial charge is 0.461 e. The van der Waals surface area contributed by atoms with Crippen molar-refractivity contribution in [2.75, 3.05) is 13.2 Å². The van der Waals surface area contributed by atoms with Crippen molar-refractivity contribution in [3.05, 3.63) is 11.6 Å². The van der Waals surface area contributed by atoms with E-state index in [0.29, 0.717) is 24.9 Å². The van der Waals surface area contributed by atoms with Crippen LogP contribution in [0.3, 0.4) is 0 Å². The van der Waals surface area contributed by atoms with E-state index < -0.39 is 6.10 Å². The Labute approximate surface area is 145 Å². The van der Waals surface area contributed by atoms with Crippen LogP contribution in [0.25, 0.3) is 0 Å². The van der Waals surface area contributed by atoms with Crippen LogP contribution in [0, 0.1) is 28.6 Å². The molecule has 2 fully saturated rings. The van der Waals surface area contributed by atoms with Gasteiger partial charge in [0.15, 0.2) is 0 Å². The Hall–Kier alpha value is -0.870. The van der Waals surface area contributed by atoms with Crippen molar-refractivity contribution in [2.24, 2.45) is 28.6 Å². The molecule has 1 spiro atoms. The lowest BCUT2D eigenvalue weighted by atomic mass is 9.46. The molecule has 0 aromatic heterocycles. The van der Waals surface area contributed by atoms with Gasteiger partial charge in [0, 0.05) is 17.6 Å². The Balaban J connectivity index is 1.90. The minimum atomic E-state index is -0.393. The maximum atomic E-state index is 12.2. The molecule has 1 saturated carbocycles. The molecule has 24 heavy (non-hydrogen) atoms. The lowest BCUT2D eigenvalue weighted by Gasteiger charge is -2.58. The number of hydrogen-bond donors (Lipinski definition) is 2. The molecule has 0 unspecified atom stereocenters. The van der Waals surface area contributed by atoms with Gasteiger partial charge in [-0.25, -0.2) is 4.79 Å². The van der Waals surface area contributed by atoms with E-state index in [2.05, 4.69) is 26.8 Å². The molecule has 1 aliphatic heterocycles. The van der Waals surface area contributed by atoms with Gasteiger partial charge in [0.25, 0.3) is 0 Å². The standard InChI is InChI=1S/C20H32O4/c1-13(8-10-21)7-9-19(3)14(2)16(22)11-20-12-24-18(23)15(20)5-4-6-17(19)20/h5,13-14,16-17,21-22H,4,6-12H2,1-3H3/t13-,14+,16+,17+,19-,20+/m0/s1. The number of aliphatic hydroxyl groups is 2. The molecule has 0 amide bonds. The van der Waals surface area contributed by atoms with Crippen LogP contribution >= 0.6 is 0 Å². The van der Waals surface area contributed by atoms with Gasteiger partial charge < -0.3 is 14.9 Å². The number of carbonyl (C=O) groups is 1. The first-order valence-electron chi connectivity index (χ1n) is 9.52. The van der Waals surface area contributed by atoms with Crippen molar-refractivity contribution in [2.45, 2.75) is 65.4 Å². The van der Waals surface area contributed by atoms with Crippen LogP contribution in [0.1, 0.15) is 59.3 Å². The maximum Gasteiger partial charge on any atom is 0.334 e. The summed E-state index contributed by atoms with van der Waals surface area (Å²) in [5, 5.41) is 20.0. The predicted octanol–water partition coefficient (Wildman–Crippen LogP) is 3.07. The molecule has 3 aliphatic rings. The number of hydrogen-bond acceptors (Lipinski definition) is 4. The van der Waals surface area contributed by atoms with Gasteiger partial charge in [-0.3, -0.25) is 0 Å². The number of carbonyl (C=O) groups excluding carboxylic acids is 1. The number of aliphatic hydroxyl groups excluding tert-OH is 2. The monoisotopic (exact) mass is 336 g/mol. The molecule has 1 heterocycles. The third-order valence-electron chi connectivity index (χ3n) is 7.47. The zero-order valence-electron chi connectivity index (χ0n) is 15.3. The van der Waals surface area contributed by atoms with Gasteiger partial charge in [-0.15, -0.1) is 0 Å². The molecule has 6 atom stereocenters. The third kappa shape index (κ3) is 2.62. The fourth-order valence-electron chi connectivity index (χ4n) is 5.70. The van der Waals surface area contributed by atoms with Crippen molar-refractivity contribution in [1.82, 2.24) is 0 Å². The lowest BCUT2D eigenvalue weighted by molar-refractivity contribution is -0.138. The number of esters is 1. The minimum Gasteiger partial charge on any atom is -0.461 e. The van der Waals surface area contributed by atoms with Crippen LogP contribution < -0.4 is 0 Å². The first kappa shape index (κ1) is 17.9.